The molecule has 2 aliphatic heterocycles. The quantitative estimate of drug-likeness (QED) is 0.792. The monoisotopic (exact) mass is 281 g/mol. The number of rotatable bonds is 1. The maximum atomic E-state index is 5.24. The van der Waals surface area contributed by atoms with Gasteiger partial charge in [0.05, 0.1) is 0 Å². The molecule has 4 rings (SSSR count). The summed E-state index contributed by atoms with van der Waals surface area (Å²) in [5.74, 6) is 2.18. The minimum Gasteiger partial charge on any atom is -0.646 e. The number of hydrogen-bond donors (Lipinski definition) is 0. The van der Waals surface area contributed by atoms with Gasteiger partial charge in [0.15, 0.2) is 5.82 Å². The molecule has 1 aromatic rings. The Bertz CT molecular complexity index is 359. The van der Waals surface area contributed by atoms with Crippen LogP contribution in [0.15, 0.2) is 4.52 Å². The molecule has 1 aliphatic carbocycles. The van der Waals surface area contributed by atoms with E-state index < -0.39 is 0 Å². The van der Waals surface area contributed by atoms with Crippen molar-refractivity contribution in [1.29, 1.82) is 0 Å². The normalized spacial score (nSPS) is 38.0. The number of aromatic nitrogens is 2. The molecule has 3 atom stereocenters. The van der Waals surface area contributed by atoms with Gasteiger partial charge in [-0.3, -0.25) is 0 Å². The maximum Gasteiger partial charge on any atom is 0.212 e. The zero-order chi connectivity index (χ0) is 9.76. The summed E-state index contributed by atoms with van der Waals surface area (Å²) < 4.78 is 5.24. The molecule has 0 aromatic carbocycles. The zero-order valence-electron chi connectivity index (χ0n) is 9.10. The summed E-state index contributed by atoms with van der Waals surface area (Å²) in [5, 5.41) is 8.54. The molecular formula is C10H14N3OY-. The number of fused-ring (bicyclic) bond motifs is 2. The average Bonchev–Trinajstić information content (AvgIpc) is 2.49. The second-order valence-corrected chi connectivity index (χ2v) is 4.71. The van der Waals surface area contributed by atoms with Gasteiger partial charge in [-0.25, -0.2) is 0 Å². The number of piperidine rings is 1. The van der Waals surface area contributed by atoms with Gasteiger partial charge in [-0.15, -0.1) is 6.04 Å². The molecule has 0 N–H and O–H groups in total. The third-order valence-corrected chi connectivity index (χ3v) is 3.29. The number of aryl methyl sites for hydroxylation is 1. The third kappa shape index (κ3) is 1.81. The second-order valence-electron chi connectivity index (χ2n) is 4.71. The predicted octanol–water partition coefficient (Wildman–Crippen LogP) is 2.15. The van der Waals surface area contributed by atoms with E-state index in [0.29, 0.717) is 11.9 Å². The summed E-state index contributed by atoms with van der Waals surface area (Å²) in [4.78, 5) is 4.31. The first-order chi connectivity index (χ1) is 6.68. The molecule has 15 heavy (non-hydrogen) atoms. The van der Waals surface area contributed by atoms with E-state index in [9.17, 15) is 0 Å². The van der Waals surface area contributed by atoms with Gasteiger partial charge in [0.1, 0.15) is 0 Å². The van der Waals surface area contributed by atoms with Gasteiger partial charge in [-0.1, -0.05) is 31.3 Å². The molecule has 2 saturated heterocycles. The van der Waals surface area contributed by atoms with Crippen LogP contribution < -0.4 is 0 Å². The maximum absolute atomic E-state index is 5.24. The molecule has 3 aliphatic rings. The van der Waals surface area contributed by atoms with Crippen molar-refractivity contribution in [2.24, 2.45) is 5.92 Å². The molecule has 3 heterocycles. The number of nitrogens with zero attached hydrogens (tertiary/aromatic N) is 3. The molecule has 3 unspecified atom stereocenters. The topological polar surface area (TPSA) is 53.0 Å². The third-order valence-electron chi connectivity index (χ3n) is 3.29. The van der Waals surface area contributed by atoms with Gasteiger partial charge < -0.3 is 9.84 Å². The first-order valence-electron chi connectivity index (χ1n) is 5.21. The predicted molar refractivity (Wildman–Crippen MR) is 50.9 cm³/mol. The van der Waals surface area contributed by atoms with Gasteiger partial charge >= 0.3 is 0 Å². The van der Waals surface area contributed by atoms with E-state index >= 15 is 0 Å². The summed E-state index contributed by atoms with van der Waals surface area (Å²) >= 11 is 0. The second kappa shape index (κ2) is 3.90. The molecule has 79 valence electrons. The van der Waals surface area contributed by atoms with Gasteiger partial charge in [-0.05, 0) is 18.4 Å². The van der Waals surface area contributed by atoms with Crippen LogP contribution in [-0.2, 0) is 38.2 Å². The van der Waals surface area contributed by atoms with Crippen LogP contribution in [0.4, 0.5) is 0 Å². The fourth-order valence-electron chi connectivity index (χ4n) is 2.84. The van der Waals surface area contributed by atoms with E-state index in [4.69, 9.17) is 9.84 Å². The molecule has 2 bridgehead atoms. The van der Waals surface area contributed by atoms with Crippen molar-refractivity contribution in [1.82, 2.24) is 10.1 Å². The summed E-state index contributed by atoms with van der Waals surface area (Å²) in [5.41, 5.74) is -0.108. The van der Waals surface area contributed by atoms with Crippen molar-refractivity contribution >= 4 is 0 Å². The molecule has 1 radical (unpaired) electrons. The van der Waals surface area contributed by atoms with Crippen molar-refractivity contribution < 1.29 is 37.2 Å². The van der Waals surface area contributed by atoms with Crippen molar-refractivity contribution in [3.63, 3.8) is 0 Å². The van der Waals surface area contributed by atoms with E-state index in [1.165, 1.54) is 6.42 Å². The molecule has 5 heteroatoms. The first kappa shape index (κ1) is 11.7. The minimum atomic E-state index is -0.108. The van der Waals surface area contributed by atoms with Crippen LogP contribution in [0.25, 0.3) is 5.32 Å². The van der Waals surface area contributed by atoms with E-state index in [0.717, 1.165) is 24.7 Å². The Balaban J connectivity index is 0.000000853. The van der Waals surface area contributed by atoms with Gasteiger partial charge in [0.25, 0.3) is 0 Å². The van der Waals surface area contributed by atoms with Crippen LogP contribution in [0.1, 0.15) is 37.9 Å². The van der Waals surface area contributed by atoms with Crippen LogP contribution in [0.5, 0.6) is 0 Å². The van der Waals surface area contributed by atoms with Crippen molar-refractivity contribution in [3.8, 4) is 0 Å². The average molecular weight is 281 g/mol. The molecule has 1 aromatic heterocycles. The smallest absolute Gasteiger partial charge is 0.212 e. The van der Waals surface area contributed by atoms with E-state index in [-0.39, 0.29) is 38.2 Å². The minimum absolute atomic E-state index is 0. The standard InChI is InChI=1S/C10H14N3O.Y/c1-6-3-8-5-10(4-6,12-8)9-11-7(2)13-14-9;/h6,8H,3-5H2,1-2H3;/q-1;. The van der Waals surface area contributed by atoms with Crippen LogP contribution in [-0.4, -0.2) is 16.2 Å². The molecule has 0 spiro atoms. The largest absolute Gasteiger partial charge is 0.646 e. The Morgan fingerprint density at radius 3 is 2.73 bits per heavy atom. The molecule has 0 amide bonds. The fourth-order valence-corrected chi connectivity index (χ4v) is 2.84. The summed E-state index contributed by atoms with van der Waals surface area (Å²) in [6.07, 6.45) is 3.42. The molecule has 3 fully saturated rings. The summed E-state index contributed by atoms with van der Waals surface area (Å²) in [6, 6.07) is 0.547. The first-order valence-corrected chi connectivity index (χ1v) is 5.21. The summed E-state index contributed by atoms with van der Waals surface area (Å²) in [6.45, 7) is 4.13. The van der Waals surface area contributed by atoms with Gasteiger partial charge in [-0.2, -0.15) is 4.98 Å². The molecular weight excluding hydrogens is 267 g/mol. The van der Waals surface area contributed by atoms with Crippen LogP contribution in [0, 0.1) is 12.8 Å². The Hall–Kier alpha value is 0.204. The Kier molecular flexibility index (Phi) is 3.04. The van der Waals surface area contributed by atoms with Crippen LogP contribution in [0.2, 0.25) is 0 Å². The van der Waals surface area contributed by atoms with Crippen molar-refractivity contribution in [3.05, 3.63) is 17.0 Å². The zero-order valence-corrected chi connectivity index (χ0v) is 11.9. The van der Waals surface area contributed by atoms with Gasteiger partial charge in [0, 0.05) is 32.7 Å². The van der Waals surface area contributed by atoms with Crippen LogP contribution >= 0.6 is 0 Å². The molecule has 1 saturated carbocycles. The van der Waals surface area contributed by atoms with Crippen molar-refractivity contribution in [2.45, 2.75) is 44.7 Å². The molecule has 4 nitrogen and oxygen atoms in total. The SMILES string of the molecule is Cc1noc(C23CC(C)CC(C2)[N-]3)n1.[Y]. The van der Waals surface area contributed by atoms with E-state index in [1.54, 1.807) is 0 Å². The van der Waals surface area contributed by atoms with Gasteiger partial charge in [0.2, 0.25) is 5.89 Å². The Labute approximate surface area is 114 Å². The Morgan fingerprint density at radius 1 is 1.47 bits per heavy atom. The Morgan fingerprint density at radius 2 is 2.20 bits per heavy atom. The fraction of sp³-hybridized carbons (Fsp3) is 0.800. The summed E-state index contributed by atoms with van der Waals surface area (Å²) in [7, 11) is 0. The van der Waals surface area contributed by atoms with Crippen LogP contribution in [0.3, 0.4) is 0 Å². The number of hydrogen-bond acceptors (Lipinski definition) is 3. The van der Waals surface area contributed by atoms with Crippen molar-refractivity contribution in [2.75, 3.05) is 0 Å². The van der Waals surface area contributed by atoms with E-state index in [2.05, 4.69) is 17.1 Å². The van der Waals surface area contributed by atoms with E-state index in [1.807, 2.05) is 6.92 Å².